The predicted octanol–water partition coefficient (Wildman–Crippen LogP) is 7.66. The Morgan fingerprint density at radius 2 is 1.42 bits per heavy atom. The van der Waals surface area contributed by atoms with Crippen LogP contribution >= 0.6 is 11.8 Å². The molecule has 0 saturated carbocycles. The van der Waals surface area contributed by atoms with Gasteiger partial charge in [0.2, 0.25) is 5.88 Å². The number of unbranched alkanes of at least 4 members (excludes halogenated alkanes) is 13. The quantitative estimate of drug-likeness (QED) is 0.0767. The molecule has 0 radical (unpaired) electrons. The Morgan fingerprint density at radius 1 is 0.861 bits per heavy atom. The monoisotopic (exact) mass is 520 g/mol. The molecule has 0 amide bonds. The van der Waals surface area contributed by atoms with Gasteiger partial charge in [0.15, 0.2) is 5.52 Å². The van der Waals surface area contributed by atoms with Crippen molar-refractivity contribution in [2.75, 3.05) is 13.2 Å². The van der Waals surface area contributed by atoms with E-state index in [2.05, 4.69) is 22.0 Å². The molecular formula is C28H48N4O3S. The molecule has 0 aliphatic carbocycles. The number of nitrogens with zero attached hydrogens (tertiary/aromatic N) is 4. The van der Waals surface area contributed by atoms with Crippen molar-refractivity contribution < 1.29 is 14.3 Å². The van der Waals surface area contributed by atoms with Gasteiger partial charge in [0, 0.05) is 7.05 Å². The van der Waals surface area contributed by atoms with E-state index < -0.39 is 4.75 Å². The molecule has 0 fully saturated rings. The van der Waals surface area contributed by atoms with E-state index in [-0.39, 0.29) is 5.97 Å². The Kier molecular flexibility index (Phi) is 14.2. The molecule has 0 atom stereocenters. The molecule has 7 nitrogen and oxygen atoms in total. The van der Waals surface area contributed by atoms with Crippen molar-refractivity contribution in [3.05, 3.63) is 6.33 Å². The number of ether oxygens (including phenoxy) is 2. The number of rotatable bonds is 20. The van der Waals surface area contributed by atoms with Gasteiger partial charge in [0.1, 0.15) is 21.6 Å². The molecule has 2 rings (SSSR count). The first-order chi connectivity index (χ1) is 17.4. The average molecular weight is 521 g/mol. The maximum absolute atomic E-state index is 12.3. The fourth-order valence-electron chi connectivity index (χ4n) is 4.25. The van der Waals surface area contributed by atoms with Crippen LogP contribution in [0.4, 0.5) is 0 Å². The lowest BCUT2D eigenvalue weighted by Crippen LogP contribution is -2.30. The van der Waals surface area contributed by atoms with Crippen LogP contribution in [0, 0.1) is 0 Å². The highest BCUT2D eigenvalue weighted by atomic mass is 32.2. The Morgan fingerprint density at radius 3 is 1.97 bits per heavy atom. The molecule has 0 aliphatic heterocycles. The third kappa shape index (κ3) is 10.3. The van der Waals surface area contributed by atoms with Gasteiger partial charge in [0.05, 0.1) is 13.2 Å². The summed E-state index contributed by atoms with van der Waals surface area (Å²) in [5.74, 6) is 0.379. The van der Waals surface area contributed by atoms with Crippen molar-refractivity contribution in [3.63, 3.8) is 0 Å². The van der Waals surface area contributed by atoms with Crippen LogP contribution in [0.5, 0.6) is 5.88 Å². The summed E-state index contributed by atoms with van der Waals surface area (Å²) in [6.07, 6.45) is 20.2. The highest BCUT2D eigenvalue weighted by Crippen LogP contribution is 2.37. The molecular weight excluding hydrogens is 472 g/mol. The normalized spacial score (nSPS) is 11.8. The van der Waals surface area contributed by atoms with Gasteiger partial charge in [-0.2, -0.15) is 5.10 Å². The minimum atomic E-state index is -0.774. The summed E-state index contributed by atoms with van der Waals surface area (Å²) in [6, 6.07) is 0. The molecule has 0 unspecified atom stereocenters. The number of carbonyl (C=O) groups is 1. The molecule has 0 bridgehead atoms. The van der Waals surface area contributed by atoms with Gasteiger partial charge in [0.25, 0.3) is 0 Å². The molecule has 204 valence electrons. The fraction of sp³-hybridized carbons (Fsp3) is 0.786. The number of hydrogen-bond acceptors (Lipinski definition) is 7. The Labute approximate surface area is 222 Å². The van der Waals surface area contributed by atoms with Crippen molar-refractivity contribution >= 4 is 28.8 Å². The summed E-state index contributed by atoms with van der Waals surface area (Å²) >= 11 is 1.34. The highest BCUT2D eigenvalue weighted by molar-refractivity contribution is 8.01. The standard InChI is InChI=1S/C28H48N4O3S/c1-6-8-9-10-11-12-13-14-15-16-17-18-19-20-21-35-26-24-23(31-32(26)5)25(30-22-29-24)36-28(3,4)27(33)34-7-2/h22H,6-21H2,1-5H3. The van der Waals surface area contributed by atoms with E-state index in [0.717, 1.165) is 6.42 Å². The fourth-order valence-corrected chi connectivity index (χ4v) is 5.21. The minimum absolute atomic E-state index is 0.271. The smallest absolute Gasteiger partial charge is 0.322 e. The lowest BCUT2D eigenvalue weighted by atomic mass is 10.0. The SMILES string of the molecule is CCCCCCCCCCCCCCCCOc1c2ncnc(SC(C)(C)C(=O)OCC)c2nn1C. The van der Waals surface area contributed by atoms with Crippen LogP contribution in [0.1, 0.15) is 118 Å². The minimum Gasteiger partial charge on any atom is -0.476 e. The molecule has 0 aliphatic rings. The molecule has 0 aromatic carbocycles. The number of carbonyl (C=O) groups excluding carboxylic acids is 1. The lowest BCUT2D eigenvalue weighted by Gasteiger charge is -2.20. The van der Waals surface area contributed by atoms with Crippen LogP contribution in [0.25, 0.3) is 11.0 Å². The zero-order valence-electron chi connectivity index (χ0n) is 23.3. The van der Waals surface area contributed by atoms with E-state index >= 15 is 0 Å². The highest BCUT2D eigenvalue weighted by Gasteiger charge is 2.33. The van der Waals surface area contributed by atoms with Crippen LogP contribution in [0.2, 0.25) is 0 Å². The second kappa shape index (κ2) is 16.8. The van der Waals surface area contributed by atoms with Crippen molar-refractivity contribution in [1.29, 1.82) is 0 Å². The zero-order chi connectivity index (χ0) is 26.2. The van der Waals surface area contributed by atoms with Gasteiger partial charge >= 0.3 is 5.97 Å². The topological polar surface area (TPSA) is 79.1 Å². The first-order valence-electron chi connectivity index (χ1n) is 14.1. The first-order valence-corrected chi connectivity index (χ1v) is 14.9. The van der Waals surface area contributed by atoms with E-state index in [9.17, 15) is 4.79 Å². The van der Waals surface area contributed by atoms with Crippen LogP contribution in [0.3, 0.4) is 0 Å². The predicted molar refractivity (Wildman–Crippen MR) is 149 cm³/mol. The van der Waals surface area contributed by atoms with Crippen molar-refractivity contribution in [1.82, 2.24) is 19.7 Å². The van der Waals surface area contributed by atoms with Crippen LogP contribution in [0.15, 0.2) is 11.4 Å². The summed E-state index contributed by atoms with van der Waals surface area (Å²) in [7, 11) is 1.85. The number of esters is 1. The molecule has 0 spiro atoms. The van der Waals surface area contributed by atoms with Gasteiger partial charge in [-0.15, -0.1) is 0 Å². The van der Waals surface area contributed by atoms with Crippen molar-refractivity contribution in [3.8, 4) is 5.88 Å². The number of hydrogen-bond donors (Lipinski definition) is 0. The van der Waals surface area contributed by atoms with Gasteiger partial charge in [-0.1, -0.05) is 102 Å². The largest absolute Gasteiger partial charge is 0.476 e. The maximum atomic E-state index is 12.3. The van der Waals surface area contributed by atoms with E-state index in [1.54, 1.807) is 4.68 Å². The van der Waals surface area contributed by atoms with E-state index in [4.69, 9.17) is 9.47 Å². The van der Waals surface area contributed by atoms with Crippen LogP contribution in [-0.4, -0.2) is 43.7 Å². The van der Waals surface area contributed by atoms with Gasteiger partial charge < -0.3 is 9.47 Å². The van der Waals surface area contributed by atoms with Crippen molar-refractivity contribution in [2.24, 2.45) is 7.05 Å². The molecule has 2 aromatic rings. The summed E-state index contributed by atoms with van der Waals surface area (Å²) in [6.45, 7) is 8.75. The number of thioether (sulfide) groups is 1. The van der Waals surface area contributed by atoms with E-state index in [0.29, 0.717) is 35.2 Å². The molecule has 0 saturated heterocycles. The third-order valence-corrected chi connectivity index (χ3v) is 7.56. The Bertz CT molecular complexity index is 900. The Hall–Kier alpha value is -1.83. The molecule has 36 heavy (non-hydrogen) atoms. The Balaban J connectivity index is 1.67. The van der Waals surface area contributed by atoms with E-state index in [1.807, 2.05) is 27.8 Å². The number of fused-ring (bicyclic) bond motifs is 1. The zero-order valence-corrected chi connectivity index (χ0v) is 24.1. The van der Waals surface area contributed by atoms with Crippen LogP contribution in [-0.2, 0) is 16.6 Å². The van der Waals surface area contributed by atoms with Gasteiger partial charge in [-0.25, -0.2) is 14.6 Å². The summed E-state index contributed by atoms with van der Waals surface area (Å²) in [5.41, 5.74) is 1.33. The van der Waals surface area contributed by atoms with Crippen molar-refractivity contribution in [2.45, 2.75) is 127 Å². The second-order valence-electron chi connectivity index (χ2n) is 10.1. The summed E-state index contributed by atoms with van der Waals surface area (Å²) in [4.78, 5) is 21.1. The molecule has 8 heteroatoms. The number of aromatic nitrogens is 4. The van der Waals surface area contributed by atoms with Crippen LogP contribution < -0.4 is 4.74 Å². The lowest BCUT2D eigenvalue weighted by molar-refractivity contribution is -0.145. The second-order valence-corrected chi connectivity index (χ2v) is 11.7. The number of aryl methyl sites for hydroxylation is 1. The van der Waals surface area contributed by atoms with Gasteiger partial charge in [-0.05, 0) is 27.2 Å². The summed E-state index contributed by atoms with van der Waals surface area (Å²) < 4.78 is 12.2. The van der Waals surface area contributed by atoms with E-state index in [1.165, 1.54) is 102 Å². The average Bonchev–Trinajstić information content (AvgIpc) is 3.17. The maximum Gasteiger partial charge on any atom is 0.322 e. The molecule has 2 heterocycles. The van der Waals surface area contributed by atoms with Gasteiger partial charge in [-0.3, -0.25) is 4.79 Å². The first kappa shape index (κ1) is 30.4. The molecule has 0 N–H and O–H groups in total. The molecule has 2 aromatic heterocycles. The summed E-state index contributed by atoms with van der Waals surface area (Å²) in [5, 5.41) is 5.24. The third-order valence-electron chi connectivity index (χ3n) is 6.39.